The predicted molar refractivity (Wildman–Crippen MR) is 124 cm³/mol. The summed E-state index contributed by atoms with van der Waals surface area (Å²) in [6, 6.07) is 6.86. The van der Waals surface area contributed by atoms with Crippen LogP contribution in [0.15, 0.2) is 40.7 Å². The fourth-order valence-electron chi connectivity index (χ4n) is 4.00. The van der Waals surface area contributed by atoms with Gasteiger partial charge in [-0.2, -0.15) is 16.1 Å². The van der Waals surface area contributed by atoms with Gasteiger partial charge in [-0.25, -0.2) is 13.4 Å². The molecule has 2 fully saturated rings. The lowest BCUT2D eigenvalue weighted by molar-refractivity contribution is -0.118. The van der Waals surface area contributed by atoms with Gasteiger partial charge in [-0.05, 0) is 42.9 Å². The Morgan fingerprint density at radius 1 is 1.19 bits per heavy atom. The van der Waals surface area contributed by atoms with E-state index >= 15 is 0 Å². The number of nitrogens with one attached hydrogen (secondary N) is 1. The van der Waals surface area contributed by atoms with E-state index in [1.807, 2.05) is 5.38 Å². The fourth-order valence-corrected chi connectivity index (χ4v) is 7.10. The minimum Gasteiger partial charge on any atom is -0.381 e. The number of amides is 1. The van der Waals surface area contributed by atoms with Crippen LogP contribution in [0.5, 0.6) is 0 Å². The summed E-state index contributed by atoms with van der Waals surface area (Å²) in [5.74, 6) is 1.57. The highest BCUT2D eigenvalue weighted by atomic mass is 32.2. The van der Waals surface area contributed by atoms with Crippen molar-refractivity contribution in [1.82, 2.24) is 9.29 Å². The summed E-state index contributed by atoms with van der Waals surface area (Å²) in [7, 11) is -3.50. The molecular weight excluding hydrogens is 454 g/mol. The maximum absolute atomic E-state index is 13.1. The highest BCUT2D eigenvalue weighted by molar-refractivity contribution is 7.99. The van der Waals surface area contributed by atoms with Crippen LogP contribution in [0, 0.1) is 5.92 Å². The summed E-state index contributed by atoms with van der Waals surface area (Å²) in [6.45, 7) is 2.52. The molecule has 1 amide bonds. The smallest absolute Gasteiger partial charge is 0.243 e. The Hall–Kier alpha value is -1.46. The number of carbonyl (C=O) groups is 1. The molecule has 31 heavy (non-hydrogen) atoms. The molecule has 1 aromatic carbocycles. The van der Waals surface area contributed by atoms with Gasteiger partial charge in [0.05, 0.1) is 10.8 Å². The summed E-state index contributed by atoms with van der Waals surface area (Å²) in [6.07, 6.45) is 4.23. The minimum atomic E-state index is -3.50. The van der Waals surface area contributed by atoms with Gasteiger partial charge in [-0.15, -0.1) is 11.3 Å². The summed E-state index contributed by atoms with van der Waals surface area (Å²) >= 11 is 3.16. The third kappa shape index (κ3) is 5.67. The molecule has 1 unspecified atom stereocenters. The highest BCUT2D eigenvalue weighted by Crippen LogP contribution is 2.32. The van der Waals surface area contributed by atoms with Crippen LogP contribution in [0.4, 0.5) is 5.13 Å². The lowest BCUT2D eigenvalue weighted by Crippen LogP contribution is -2.37. The second kappa shape index (κ2) is 10.4. The second-order valence-electron chi connectivity index (χ2n) is 7.76. The lowest BCUT2D eigenvalue weighted by Gasteiger charge is -2.27. The molecule has 1 N–H and O–H groups in total. The van der Waals surface area contributed by atoms with Gasteiger partial charge in [0.25, 0.3) is 0 Å². The first-order valence-electron chi connectivity index (χ1n) is 10.5. The van der Waals surface area contributed by atoms with E-state index in [1.165, 1.54) is 11.3 Å². The fraction of sp³-hybridized carbons (Fsp3) is 0.524. The van der Waals surface area contributed by atoms with Crippen molar-refractivity contribution in [3.63, 3.8) is 0 Å². The lowest BCUT2D eigenvalue weighted by atomic mass is 9.84. The van der Waals surface area contributed by atoms with Crippen LogP contribution in [0.3, 0.4) is 0 Å². The number of thiazole rings is 1. The van der Waals surface area contributed by atoms with Crippen LogP contribution in [-0.4, -0.2) is 61.4 Å². The summed E-state index contributed by atoms with van der Waals surface area (Å²) in [4.78, 5) is 17.6. The molecule has 2 saturated heterocycles. The van der Waals surface area contributed by atoms with Crippen molar-refractivity contribution in [2.24, 2.45) is 5.92 Å². The molecule has 1 aromatic heterocycles. The maximum Gasteiger partial charge on any atom is 0.243 e. The number of aromatic nitrogens is 1. The zero-order valence-electron chi connectivity index (χ0n) is 17.2. The van der Waals surface area contributed by atoms with Crippen molar-refractivity contribution in [1.29, 1.82) is 0 Å². The molecule has 4 rings (SSSR count). The Morgan fingerprint density at radius 2 is 1.90 bits per heavy atom. The molecule has 2 aliphatic heterocycles. The van der Waals surface area contributed by atoms with Gasteiger partial charge in [-0.3, -0.25) is 4.79 Å². The number of hydrogen-bond acceptors (Lipinski definition) is 7. The number of hydrogen-bond donors (Lipinski definition) is 1. The van der Waals surface area contributed by atoms with Gasteiger partial charge < -0.3 is 10.1 Å². The van der Waals surface area contributed by atoms with Crippen molar-refractivity contribution in [2.45, 2.75) is 30.1 Å². The van der Waals surface area contributed by atoms with Crippen molar-refractivity contribution in [2.75, 3.05) is 43.1 Å². The molecule has 2 aromatic rings. The summed E-state index contributed by atoms with van der Waals surface area (Å²) in [5, 5.41) is 5.31. The Morgan fingerprint density at radius 3 is 2.55 bits per heavy atom. The largest absolute Gasteiger partial charge is 0.381 e. The van der Waals surface area contributed by atoms with Crippen molar-refractivity contribution >= 4 is 44.2 Å². The molecule has 168 valence electrons. The summed E-state index contributed by atoms with van der Waals surface area (Å²) < 4.78 is 32.9. The predicted octanol–water partition coefficient (Wildman–Crippen LogP) is 3.42. The number of thioether (sulfide) groups is 1. The van der Waals surface area contributed by atoms with Gasteiger partial charge in [0.15, 0.2) is 5.13 Å². The van der Waals surface area contributed by atoms with E-state index in [0.29, 0.717) is 30.6 Å². The Kier molecular flexibility index (Phi) is 7.65. The van der Waals surface area contributed by atoms with E-state index in [9.17, 15) is 13.2 Å². The minimum absolute atomic E-state index is 0.106. The highest BCUT2D eigenvalue weighted by Gasteiger charge is 2.29. The number of benzene rings is 1. The first-order valence-corrected chi connectivity index (χ1v) is 14.0. The average molecular weight is 482 g/mol. The van der Waals surface area contributed by atoms with Gasteiger partial charge >= 0.3 is 0 Å². The quantitative estimate of drug-likeness (QED) is 0.652. The standard InChI is InChI=1S/C21H27N3O4S3/c25-20(23-21-22-7-12-30-21)19(15-16-5-10-28-11-6-16)17-1-3-18(4-2-17)31(26,27)24-8-13-29-14-9-24/h1-4,7,12,16,19H,5-6,8-11,13-15H2,(H,22,23,25). The number of ether oxygens (including phenoxy) is 1. The van der Waals surface area contributed by atoms with E-state index in [0.717, 1.165) is 43.1 Å². The molecule has 0 spiro atoms. The molecule has 2 aliphatic rings. The third-order valence-corrected chi connectivity index (χ3v) is 9.32. The number of nitrogens with zero attached hydrogens (tertiary/aromatic N) is 2. The molecule has 0 saturated carbocycles. The van der Waals surface area contributed by atoms with Crippen LogP contribution >= 0.6 is 23.1 Å². The molecule has 0 radical (unpaired) electrons. The molecule has 1 atom stereocenters. The monoisotopic (exact) mass is 481 g/mol. The van der Waals surface area contributed by atoms with Gasteiger partial charge in [0.2, 0.25) is 15.9 Å². The first-order chi connectivity index (χ1) is 15.0. The van der Waals surface area contributed by atoms with Crippen LogP contribution < -0.4 is 5.32 Å². The topological polar surface area (TPSA) is 88.6 Å². The molecular formula is C21H27N3O4S3. The average Bonchev–Trinajstić information content (AvgIpc) is 3.32. The number of carbonyl (C=O) groups excluding carboxylic acids is 1. The summed E-state index contributed by atoms with van der Waals surface area (Å²) in [5.41, 5.74) is 0.827. The normalized spacial score (nSPS) is 19.7. The molecule has 7 nitrogen and oxygen atoms in total. The van der Waals surface area contributed by atoms with Gasteiger partial charge in [0, 0.05) is 49.4 Å². The van der Waals surface area contributed by atoms with Crippen molar-refractivity contribution in [3.8, 4) is 0 Å². The van der Waals surface area contributed by atoms with E-state index in [2.05, 4.69) is 10.3 Å². The number of anilines is 1. The van der Waals surface area contributed by atoms with E-state index < -0.39 is 10.0 Å². The Balaban J connectivity index is 1.54. The molecule has 0 bridgehead atoms. The van der Waals surface area contributed by atoms with Gasteiger partial charge in [0.1, 0.15) is 0 Å². The van der Waals surface area contributed by atoms with Crippen LogP contribution in [0.2, 0.25) is 0 Å². The number of rotatable bonds is 7. The molecule has 10 heteroatoms. The Labute approximate surface area is 191 Å². The second-order valence-corrected chi connectivity index (χ2v) is 11.8. The Bertz CT molecular complexity index is 952. The van der Waals surface area contributed by atoms with Crippen molar-refractivity contribution < 1.29 is 17.9 Å². The van der Waals surface area contributed by atoms with Gasteiger partial charge in [-0.1, -0.05) is 12.1 Å². The van der Waals surface area contributed by atoms with Crippen LogP contribution in [-0.2, 0) is 19.6 Å². The first kappa shape index (κ1) is 22.7. The zero-order chi connectivity index (χ0) is 21.7. The van der Waals surface area contributed by atoms with E-state index in [4.69, 9.17) is 4.74 Å². The molecule has 0 aliphatic carbocycles. The van der Waals surface area contributed by atoms with Crippen LogP contribution in [0.25, 0.3) is 0 Å². The number of sulfonamides is 1. The van der Waals surface area contributed by atoms with Crippen LogP contribution in [0.1, 0.15) is 30.7 Å². The van der Waals surface area contributed by atoms with E-state index in [1.54, 1.807) is 46.5 Å². The molecule has 3 heterocycles. The zero-order valence-corrected chi connectivity index (χ0v) is 19.7. The maximum atomic E-state index is 13.1. The third-order valence-electron chi connectivity index (χ3n) is 5.78. The SMILES string of the molecule is O=C(Nc1nccs1)C(CC1CCOCC1)c1ccc(S(=O)(=O)N2CCSCC2)cc1. The van der Waals surface area contributed by atoms with Crippen molar-refractivity contribution in [3.05, 3.63) is 41.4 Å². The van der Waals surface area contributed by atoms with E-state index in [-0.39, 0.29) is 16.7 Å².